The zero-order chi connectivity index (χ0) is 19.8. The number of non-ortho nitro benzene ring substituents is 1. The third-order valence-electron chi connectivity index (χ3n) is 4.43. The summed E-state index contributed by atoms with van der Waals surface area (Å²) in [5.41, 5.74) is 0.144. The van der Waals surface area contributed by atoms with Gasteiger partial charge < -0.3 is 15.0 Å². The first-order valence-corrected chi connectivity index (χ1v) is 8.86. The van der Waals surface area contributed by atoms with Crippen molar-refractivity contribution in [2.45, 2.75) is 38.6 Å². The van der Waals surface area contributed by atoms with Gasteiger partial charge in [-0.2, -0.15) is 0 Å². The Kier molecular flexibility index (Phi) is 7.27. The van der Waals surface area contributed by atoms with Crippen molar-refractivity contribution < 1.29 is 24.0 Å². The first-order valence-electron chi connectivity index (χ1n) is 8.86. The van der Waals surface area contributed by atoms with Crippen LogP contribution in [-0.2, 0) is 14.3 Å². The van der Waals surface area contributed by atoms with Crippen LogP contribution in [0.25, 0.3) is 0 Å². The Labute approximate surface area is 156 Å². The van der Waals surface area contributed by atoms with Crippen LogP contribution >= 0.6 is 0 Å². The fraction of sp³-hybridized carbons (Fsp3) is 0.500. The van der Waals surface area contributed by atoms with Crippen molar-refractivity contribution in [3.63, 3.8) is 0 Å². The molecule has 1 fully saturated rings. The van der Waals surface area contributed by atoms with E-state index in [9.17, 15) is 24.5 Å². The molecular weight excluding hydrogens is 354 g/mol. The molecule has 1 heterocycles. The van der Waals surface area contributed by atoms with E-state index in [1.54, 1.807) is 4.90 Å². The smallest absolute Gasteiger partial charge is 0.308 e. The number of nitro groups is 1. The van der Waals surface area contributed by atoms with Crippen LogP contribution in [0.5, 0.6) is 0 Å². The molecule has 0 spiro atoms. The lowest BCUT2D eigenvalue weighted by Gasteiger charge is -2.33. The summed E-state index contributed by atoms with van der Waals surface area (Å²) in [6.45, 7) is 2.41. The maximum Gasteiger partial charge on any atom is 0.308 e. The predicted octanol–water partition coefficient (Wildman–Crippen LogP) is 1.66. The molecule has 1 N–H and O–H groups in total. The summed E-state index contributed by atoms with van der Waals surface area (Å²) >= 11 is 0. The largest absolute Gasteiger partial charge is 0.456 e. The van der Waals surface area contributed by atoms with E-state index in [4.69, 9.17) is 4.74 Å². The lowest BCUT2D eigenvalue weighted by atomic mass is 10.0. The molecule has 146 valence electrons. The van der Waals surface area contributed by atoms with Crippen molar-refractivity contribution in [2.75, 3.05) is 19.7 Å². The topological polar surface area (TPSA) is 119 Å². The number of rotatable bonds is 7. The average Bonchev–Trinajstić information content (AvgIpc) is 2.66. The van der Waals surface area contributed by atoms with Crippen LogP contribution in [0.2, 0.25) is 0 Å². The molecule has 1 aromatic rings. The minimum atomic E-state index is -0.572. The second-order valence-corrected chi connectivity index (χ2v) is 6.40. The quantitative estimate of drug-likeness (QED) is 0.438. The highest BCUT2D eigenvalue weighted by Crippen LogP contribution is 2.16. The van der Waals surface area contributed by atoms with Gasteiger partial charge in [0, 0.05) is 36.8 Å². The highest BCUT2D eigenvalue weighted by molar-refractivity contribution is 5.94. The van der Waals surface area contributed by atoms with Gasteiger partial charge in [0.1, 0.15) is 0 Å². The first kappa shape index (κ1) is 20.3. The molecule has 1 aliphatic heterocycles. The van der Waals surface area contributed by atoms with Crippen molar-refractivity contribution in [3.05, 3.63) is 39.9 Å². The van der Waals surface area contributed by atoms with Gasteiger partial charge in [-0.25, -0.2) is 0 Å². The minimum Gasteiger partial charge on any atom is -0.456 e. The van der Waals surface area contributed by atoms with E-state index in [1.807, 2.05) is 6.92 Å². The van der Waals surface area contributed by atoms with Crippen LogP contribution < -0.4 is 5.32 Å². The Bertz CT molecular complexity index is 704. The maximum atomic E-state index is 12.1. The molecule has 0 saturated carbocycles. The van der Waals surface area contributed by atoms with Crippen molar-refractivity contribution in [2.24, 2.45) is 0 Å². The predicted molar refractivity (Wildman–Crippen MR) is 96.0 cm³/mol. The van der Waals surface area contributed by atoms with E-state index in [1.165, 1.54) is 24.3 Å². The van der Waals surface area contributed by atoms with Gasteiger partial charge in [0.05, 0.1) is 11.3 Å². The van der Waals surface area contributed by atoms with Crippen molar-refractivity contribution >= 4 is 23.5 Å². The number of nitrogens with one attached hydrogen (secondary N) is 1. The Morgan fingerprint density at radius 3 is 2.59 bits per heavy atom. The molecule has 1 aromatic carbocycles. The van der Waals surface area contributed by atoms with Gasteiger partial charge in [-0.3, -0.25) is 24.5 Å². The Hall–Kier alpha value is -2.97. The number of carbonyl (C=O) groups excluding carboxylic acids is 3. The molecule has 0 aliphatic carbocycles. The number of nitro benzene ring substituents is 1. The Morgan fingerprint density at radius 2 is 1.96 bits per heavy atom. The average molecular weight is 377 g/mol. The normalized spacial score (nSPS) is 16.5. The second kappa shape index (κ2) is 9.65. The Balaban J connectivity index is 1.68. The summed E-state index contributed by atoms with van der Waals surface area (Å²) in [7, 11) is 0. The number of ether oxygens (including phenoxy) is 1. The molecule has 2 amide bonds. The molecule has 1 atom stereocenters. The highest BCUT2D eigenvalue weighted by Gasteiger charge is 2.23. The van der Waals surface area contributed by atoms with Crippen LogP contribution in [0, 0.1) is 10.1 Å². The van der Waals surface area contributed by atoms with Gasteiger partial charge in [-0.05, 0) is 38.3 Å². The van der Waals surface area contributed by atoms with E-state index >= 15 is 0 Å². The fourth-order valence-electron chi connectivity index (χ4n) is 2.88. The van der Waals surface area contributed by atoms with Crippen molar-refractivity contribution in [1.29, 1.82) is 0 Å². The van der Waals surface area contributed by atoms with Crippen LogP contribution in [-0.4, -0.2) is 53.3 Å². The number of carbonyl (C=O) groups is 3. The van der Waals surface area contributed by atoms with E-state index in [2.05, 4.69) is 5.32 Å². The van der Waals surface area contributed by atoms with Gasteiger partial charge in [-0.15, -0.1) is 0 Å². The first-order chi connectivity index (χ1) is 12.9. The Morgan fingerprint density at radius 1 is 1.26 bits per heavy atom. The third-order valence-corrected chi connectivity index (χ3v) is 4.43. The summed E-state index contributed by atoms with van der Waals surface area (Å²) in [6.07, 6.45) is 2.94. The van der Waals surface area contributed by atoms with Crippen LogP contribution in [0.3, 0.4) is 0 Å². The van der Waals surface area contributed by atoms with E-state index in [-0.39, 0.29) is 42.8 Å². The zero-order valence-corrected chi connectivity index (χ0v) is 15.2. The summed E-state index contributed by atoms with van der Waals surface area (Å²) < 4.78 is 4.98. The zero-order valence-electron chi connectivity index (χ0n) is 15.2. The van der Waals surface area contributed by atoms with Crippen molar-refractivity contribution in [3.8, 4) is 0 Å². The van der Waals surface area contributed by atoms with Gasteiger partial charge in [-0.1, -0.05) is 0 Å². The van der Waals surface area contributed by atoms with Crippen LogP contribution in [0.1, 0.15) is 43.0 Å². The third kappa shape index (κ3) is 6.05. The second-order valence-electron chi connectivity index (χ2n) is 6.40. The molecular formula is C18H23N3O6. The van der Waals surface area contributed by atoms with E-state index < -0.39 is 16.8 Å². The standard InChI is InChI=1S/C18H23N3O6/c1-13-4-2-3-11-20(13)16(22)12-27-17(23)9-10-19-18(24)14-5-7-15(8-6-14)21(25)26/h5-8,13H,2-4,9-12H2,1H3,(H,19,24)/t13-/m1/s1. The molecule has 0 bridgehead atoms. The molecule has 9 nitrogen and oxygen atoms in total. The molecule has 9 heteroatoms. The van der Waals surface area contributed by atoms with E-state index in [0.717, 1.165) is 19.3 Å². The van der Waals surface area contributed by atoms with Crippen molar-refractivity contribution in [1.82, 2.24) is 10.2 Å². The molecule has 27 heavy (non-hydrogen) atoms. The molecule has 0 aromatic heterocycles. The van der Waals surface area contributed by atoms with Crippen LogP contribution in [0.4, 0.5) is 5.69 Å². The van der Waals surface area contributed by atoms with Crippen LogP contribution in [0.15, 0.2) is 24.3 Å². The molecule has 0 unspecified atom stereocenters. The molecule has 2 rings (SSSR count). The number of piperidine rings is 1. The number of nitrogens with zero attached hydrogens (tertiary/aromatic N) is 2. The number of likely N-dealkylation sites (tertiary alicyclic amines) is 1. The van der Waals surface area contributed by atoms with Gasteiger partial charge in [0.25, 0.3) is 17.5 Å². The van der Waals surface area contributed by atoms with Gasteiger partial charge in [0.2, 0.25) is 0 Å². The number of hydrogen-bond acceptors (Lipinski definition) is 6. The monoisotopic (exact) mass is 377 g/mol. The molecule has 0 radical (unpaired) electrons. The maximum absolute atomic E-state index is 12.1. The number of benzene rings is 1. The molecule has 1 aliphatic rings. The van der Waals surface area contributed by atoms with Gasteiger partial charge >= 0.3 is 5.97 Å². The number of amides is 2. The lowest BCUT2D eigenvalue weighted by Crippen LogP contribution is -2.44. The molecule has 1 saturated heterocycles. The summed E-state index contributed by atoms with van der Waals surface area (Å²) in [6, 6.07) is 5.30. The van der Waals surface area contributed by atoms with E-state index in [0.29, 0.717) is 6.54 Å². The number of hydrogen-bond donors (Lipinski definition) is 1. The minimum absolute atomic E-state index is 0.0446. The SMILES string of the molecule is C[C@@H]1CCCCN1C(=O)COC(=O)CCNC(=O)c1ccc([N+](=O)[O-])cc1. The highest BCUT2D eigenvalue weighted by atomic mass is 16.6. The van der Waals surface area contributed by atoms with Gasteiger partial charge in [0.15, 0.2) is 6.61 Å². The summed E-state index contributed by atoms with van der Waals surface area (Å²) in [5, 5.41) is 13.1. The summed E-state index contributed by atoms with van der Waals surface area (Å²) in [4.78, 5) is 47.5. The summed E-state index contributed by atoms with van der Waals surface area (Å²) in [5.74, 6) is -1.22. The number of esters is 1. The lowest BCUT2D eigenvalue weighted by molar-refractivity contribution is -0.384. The fourth-order valence-corrected chi connectivity index (χ4v) is 2.88.